The largest absolute Gasteiger partial charge is 0.474 e. The minimum Gasteiger partial charge on any atom is -0.286 e. The summed E-state index contributed by atoms with van der Waals surface area (Å²) in [7, 11) is -18.7. The molecule has 1 unspecified atom stereocenters. The Bertz CT molecular complexity index is 2310. The smallest absolute Gasteiger partial charge is 0.286 e. The van der Waals surface area contributed by atoms with Gasteiger partial charge in [0, 0.05) is 33.0 Å². The third kappa shape index (κ3) is 23.9. The van der Waals surface area contributed by atoms with Gasteiger partial charge >= 0.3 is 46.9 Å². The second kappa shape index (κ2) is 37.0. The maximum Gasteiger partial charge on any atom is 0.474 e. The van der Waals surface area contributed by atoms with Crippen molar-refractivity contribution in [3.8, 4) is 0 Å². The molecule has 30 heteroatoms. The second-order valence-corrected chi connectivity index (χ2v) is 38.8. The quantitative estimate of drug-likeness (QED) is 0.0497. The molecule has 0 spiro atoms. The van der Waals surface area contributed by atoms with Crippen LogP contribution >= 0.6 is 46.9 Å². The molecule has 18 aliphatic rings. The van der Waals surface area contributed by atoms with Crippen LogP contribution in [0.4, 0.5) is 0 Å². The van der Waals surface area contributed by atoms with Crippen LogP contribution in [0.25, 0.3) is 0 Å². The van der Waals surface area contributed by atoms with E-state index < -0.39 is 46.9 Å². The molecule has 12 bridgehead atoms. The van der Waals surface area contributed by atoms with Crippen LogP contribution in [0.3, 0.4) is 0 Å². The maximum absolute atomic E-state index is 11.7. The summed E-state index contributed by atoms with van der Waals surface area (Å²) >= 11 is 0. The Balaban J connectivity index is 0.000000162. The van der Waals surface area contributed by atoms with Crippen molar-refractivity contribution in [2.45, 2.75) is 235 Å². The Labute approximate surface area is 551 Å². The fourth-order valence-electron chi connectivity index (χ4n) is 12.5. The number of hydrogen-bond acceptors (Lipinski definition) is 24. The Morgan fingerprint density at radius 1 is 0.315 bits per heavy atom. The number of fused-ring (bicyclic) bond motifs is 18. The van der Waals surface area contributed by atoms with E-state index in [0.717, 1.165) is 25.7 Å². The topological polar surface area (TPSA) is 269 Å². The highest BCUT2D eigenvalue weighted by Gasteiger charge is 2.57. The molecule has 540 valence electrons. The lowest BCUT2D eigenvalue weighted by Crippen LogP contribution is -2.52. The van der Waals surface area contributed by atoms with Crippen LogP contribution in [0.15, 0.2) is 0 Å². The Kier molecular flexibility index (Phi) is 32.2. The standard InChI is InChI=1S/C22H43O4P.C12H23O4P.C10H19O4P.C8H15O4P.C6H11O4P.C4H7O4P/c1-2-3-4-5-6-7-8-9-10-11-12-13-14-15-16-17-18-22-19-24-27(23,25-20-22)26-21-22;1-3-5-6-7-11(4-2)12-8-14-17(13,15-9-12)16-10-12;1-2-3-4-5-6-10-7-12-15(11,13-8-10)14-9-10;1-7(2,3)8-4-10-13(9,11-5-8)12-6-8;1-2-6-3-8-11(7,9-4-6)10-5-6;5-9-6-1-4(2-7-9)3-8-9/h2-21H2,1H3;11H,3-10H2,1-2H3;2-9H2,1H3;4-6H2,1-3H3;2-5H2,1H3;4H,1-3H2. The van der Waals surface area contributed by atoms with Crippen LogP contribution in [0.5, 0.6) is 0 Å². The first-order valence-electron chi connectivity index (χ1n) is 35.1. The first kappa shape index (κ1) is 80.0. The van der Waals surface area contributed by atoms with E-state index in [1.54, 1.807) is 0 Å². The summed E-state index contributed by atoms with van der Waals surface area (Å²) in [5.74, 6) is 0.837. The predicted octanol–water partition coefficient (Wildman–Crippen LogP) is 19.3. The monoisotopic (exact) mass is 1430 g/mol. The Morgan fingerprint density at radius 3 is 0.837 bits per heavy atom. The van der Waals surface area contributed by atoms with Gasteiger partial charge in [-0.2, -0.15) is 0 Å². The van der Waals surface area contributed by atoms with Gasteiger partial charge in [-0.15, -0.1) is 0 Å². The summed E-state index contributed by atoms with van der Waals surface area (Å²) in [6, 6.07) is 0. The van der Waals surface area contributed by atoms with Gasteiger partial charge in [0.2, 0.25) is 0 Å². The van der Waals surface area contributed by atoms with Crippen molar-refractivity contribution in [1.82, 2.24) is 0 Å². The highest BCUT2D eigenvalue weighted by Crippen LogP contribution is 2.66. The molecule has 18 rings (SSSR count). The van der Waals surface area contributed by atoms with Gasteiger partial charge in [-0.1, -0.05) is 209 Å². The van der Waals surface area contributed by atoms with Crippen LogP contribution in [0, 0.1) is 44.3 Å². The van der Waals surface area contributed by atoms with Crippen LogP contribution in [-0.4, -0.2) is 119 Å². The van der Waals surface area contributed by atoms with Crippen molar-refractivity contribution in [3.05, 3.63) is 0 Å². The molecule has 18 aliphatic heterocycles. The fourth-order valence-corrected chi connectivity index (χ4v) is 21.4. The van der Waals surface area contributed by atoms with Gasteiger partial charge in [-0.25, -0.2) is 27.4 Å². The third-order valence-electron chi connectivity index (χ3n) is 20.2. The first-order valence-corrected chi connectivity index (χ1v) is 43.8. The molecule has 0 saturated carbocycles. The lowest BCUT2D eigenvalue weighted by atomic mass is 9.68. The Hall–Kier alpha value is 0.660. The van der Waals surface area contributed by atoms with E-state index in [2.05, 4.69) is 55.4 Å². The number of phosphoric ester groups is 6. The minimum atomic E-state index is -3.15. The van der Waals surface area contributed by atoms with Crippen molar-refractivity contribution < 1.29 is 109 Å². The van der Waals surface area contributed by atoms with E-state index >= 15 is 0 Å². The highest BCUT2D eigenvalue weighted by atomic mass is 31.2. The molecule has 0 aliphatic carbocycles. The van der Waals surface area contributed by atoms with E-state index in [1.807, 2.05) is 0 Å². The van der Waals surface area contributed by atoms with E-state index in [0.29, 0.717) is 131 Å². The summed E-state index contributed by atoms with van der Waals surface area (Å²) in [6.45, 7) is 26.7. The number of rotatable bonds is 29. The Morgan fingerprint density at radius 2 is 0.565 bits per heavy atom. The zero-order valence-electron chi connectivity index (χ0n) is 57.2. The van der Waals surface area contributed by atoms with Crippen molar-refractivity contribution in [2.75, 3.05) is 119 Å². The molecular weight excluding hydrogens is 1310 g/mol. The second-order valence-electron chi connectivity index (χ2n) is 28.7. The third-order valence-corrected chi connectivity index (χ3v) is 28.2. The SMILES string of the molecule is CC(C)(C)C12COP(=O)(OC1)OC2.CCC12COP(=O)(OC1)OC2.CCCCCC(CC)C12COP(=O)(OC1)OC2.CCCCCCC12COP(=O)(OC1)OC2.CCCCCCCCCCCCCCCCCCC12COP(=O)(OC1)OC2.O=P12OCC(CO1)CO2. The van der Waals surface area contributed by atoms with Crippen molar-refractivity contribution in [3.63, 3.8) is 0 Å². The summed E-state index contributed by atoms with van der Waals surface area (Å²) in [5.41, 5.74) is -0.263. The summed E-state index contributed by atoms with van der Waals surface area (Å²) in [6.07, 6.45) is 36.3. The average molecular weight is 1430 g/mol. The van der Waals surface area contributed by atoms with Gasteiger partial charge in [-0.05, 0) is 37.0 Å². The number of unbranched alkanes of at least 4 members (excludes halogenated alkanes) is 20. The lowest BCUT2D eigenvalue weighted by Gasteiger charge is -2.51. The molecule has 0 radical (unpaired) electrons. The van der Waals surface area contributed by atoms with Gasteiger partial charge in [0.25, 0.3) is 0 Å². The molecule has 92 heavy (non-hydrogen) atoms. The van der Waals surface area contributed by atoms with Gasteiger partial charge < -0.3 is 0 Å². The maximum atomic E-state index is 11.7. The molecule has 24 nitrogen and oxygen atoms in total. The van der Waals surface area contributed by atoms with Crippen molar-refractivity contribution in [1.29, 1.82) is 0 Å². The van der Waals surface area contributed by atoms with E-state index in [4.69, 9.17) is 81.4 Å². The summed E-state index contributed by atoms with van der Waals surface area (Å²) in [5, 5.41) is 0. The van der Waals surface area contributed by atoms with E-state index in [1.165, 1.54) is 154 Å². The minimum absolute atomic E-state index is 0.0279. The zero-order chi connectivity index (χ0) is 66.4. The molecule has 18 heterocycles. The lowest BCUT2D eigenvalue weighted by molar-refractivity contribution is -0.143. The van der Waals surface area contributed by atoms with Crippen molar-refractivity contribution >= 4 is 46.9 Å². The molecule has 18 saturated heterocycles. The first-order chi connectivity index (χ1) is 43.8. The van der Waals surface area contributed by atoms with Crippen LogP contribution in [-0.2, 0) is 109 Å². The van der Waals surface area contributed by atoms with Crippen molar-refractivity contribution in [2.24, 2.45) is 44.3 Å². The highest BCUT2D eigenvalue weighted by molar-refractivity contribution is 7.50. The van der Waals surface area contributed by atoms with Gasteiger partial charge in [-0.3, -0.25) is 81.4 Å². The summed E-state index contributed by atoms with van der Waals surface area (Å²) < 4.78 is 160. The molecule has 0 aromatic heterocycles. The average Bonchev–Trinajstić information content (AvgIpc) is 0.788. The molecule has 0 aromatic carbocycles. The molecule has 0 amide bonds. The van der Waals surface area contributed by atoms with Crippen LogP contribution in [0.1, 0.15) is 235 Å². The normalized spacial score (nSPS) is 38.7. The van der Waals surface area contributed by atoms with Crippen LogP contribution < -0.4 is 0 Å². The van der Waals surface area contributed by atoms with Gasteiger partial charge in [0.15, 0.2) is 0 Å². The van der Waals surface area contributed by atoms with Gasteiger partial charge in [0.05, 0.1) is 119 Å². The molecule has 18 fully saturated rings. The number of hydrogen-bond donors (Lipinski definition) is 0. The zero-order valence-corrected chi connectivity index (χ0v) is 62.5. The fraction of sp³-hybridized carbons (Fsp3) is 1.00. The molecule has 0 N–H and O–H groups in total. The molecular formula is C62H118O24P6. The van der Waals surface area contributed by atoms with Gasteiger partial charge in [0.1, 0.15) is 0 Å². The van der Waals surface area contributed by atoms with E-state index in [9.17, 15) is 27.4 Å². The predicted molar refractivity (Wildman–Crippen MR) is 349 cm³/mol. The molecule has 0 aromatic rings. The van der Waals surface area contributed by atoms with Crippen LogP contribution in [0.2, 0.25) is 0 Å². The molecule has 1 atom stereocenters. The number of phosphoric acid groups is 6. The van der Waals surface area contributed by atoms with E-state index in [-0.39, 0.29) is 32.5 Å². The summed E-state index contributed by atoms with van der Waals surface area (Å²) in [4.78, 5) is 0.